The van der Waals surface area contributed by atoms with Gasteiger partial charge in [0, 0.05) is 18.7 Å². The highest BCUT2D eigenvalue weighted by Gasteiger charge is 2.35. The van der Waals surface area contributed by atoms with Gasteiger partial charge in [-0.05, 0) is 12.1 Å². The lowest BCUT2D eigenvalue weighted by atomic mass is 10.3. The first kappa shape index (κ1) is 14.5. The second-order valence-corrected chi connectivity index (χ2v) is 6.44. The maximum atomic E-state index is 12.3. The van der Waals surface area contributed by atoms with Gasteiger partial charge in [-0.25, -0.2) is 0 Å². The van der Waals surface area contributed by atoms with Gasteiger partial charge < -0.3 is 15.0 Å². The van der Waals surface area contributed by atoms with Gasteiger partial charge in [-0.3, -0.25) is 9.59 Å². The molecule has 0 aliphatic carbocycles. The molecule has 0 aromatic heterocycles. The van der Waals surface area contributed by atoms with Crippen LogP contribution in [0.4, 0.5) is 4.79 Å². The van der Waals surface area contributed by atoms with Crippen LogP contribution in [-0.4, -0.2) is 47.0 Å². The first-order valence-electron chi connectivity index (χ1n) is 6.77. The Labute approximate surface area is 132 Å². The third-order valence-electron chi connectivity index (χ3n) is 3.56. The second-order valence-electron chi connectivity index (χ2n) is 5.04. The molecule has 7 heteroatoms. The highest BCUT2D eigenvalue weighted by atomic mass is 35.5. The average Bonchev–Trinajstić information content (AvgIpc) is 3.10. The number of likely N-dealkylation sites (tertiary alicyclic amines) is 1. The van der Waals surface area contributed by atoms with Crippen molar-refractivity contribution in [3.8, 4) is 5.75 Å². The highest BCUT2D eigenvalue weighted by molar-refractivity contribution is 8.14. The molecular weight excluding hydrogens is 312 g/mol. The Morgan fingerprint density at radius 2 is 2.24 bits per heavy atom. The number of para-hydroxylation sites is 1. The predicted molar refractivity (Wildman–Crippen MR) is 81.8 cm³/mol. The summed E-state index contributed by atoms with van der Waals surface area (Å²) in [5.41, 5.74) is 0. The van der Waals surface area contributed by atoms with E-state index in [0.29, 0.717) is 29.6 Å². The van der Waals surface area contributed by atoms with E-state index in [1.165, 1.54) is 0 Å². The summed E-state index contributed by atoms with van der Waals surface area (Å²) in [7, 11) is 0. The normalized spacial score (nSPS) is 25.0. The summed E-state index contributed by atoms with van der Waals surface area (Å²) in [6.45, 7) is 1.17. The number of nitrogens with zero attached hydrogens (tertiary/aromatic N) is 1. The monoisotopic (exact) mass is 326 g/mol. The lowest BCUT2D eigenvalue weighted by molar-refractivity contribution is -0.131. The molecule has 2 atom stereocenters. The van der Waals surface area contributed by atoms with Crippen LogP contribution in [0.15, 0.2) is 24.3 Å². The van der Waals surface area contributed by atoms with Gasteiger partial charge in [0.2, 0.25) is 5.91 Å². The van der Waals surface area contributed by atoms with Gasteiger partial charge in [0.25, 0.3) is 5.24 Å². The molecule has 0 spiro atoms. The zero-order valence-electron chi connectivity index (χ0n) is 11.3. The molecule has 2 amide bonds. The summed E-state index contributed by atoms with van der Waals surface area (Å²) in [6.07, 6.45) is 0.712. The van der Waals surface area contributed by atoms with Crippen molar-refractivity contribution in [1.29, 1.82) is 0 Å². The first-order chi connectivity index (χ1) is 10.1. The number of carbonyl (C=O) groups is 2. The van der Waals surface area contributed by atoms with E-state index in [-0.39, 0.29) is 17.3 Å². The van der Waals surface area contributed by atoms with Crippen molar-refractivity contribution in [3.05, 3.63) is 29.3 Å². The molecule has 5 nitrogen and oxygen atoms in total. The first-order valence-corrected chi connectivity index (χ1v) is 8.13. The summed E-state index contributed by atoms with van der Waals surface area (Å²) in [5.74, 6) is 1.12. The van der Waals surface area contributed by atoms with E-state index in [1.54, 1.807) is 11.0 Å². The number of halogens is 1. The van der Waals surface area contributed by atoms with Crippen LogP contribution in [0.25, 0.3) is 0 Å². The van der Waals surface area contributed by atoms with Crippen molar-refractivity contribution in [1.82, 2.24) is 10.2 Å². The van der Waals surface area contributed by atoms with Crippen LogP contribution in [0.3, 0.4) is 0 Å². The van der Waals surface area contributed by atoms with Crippen LogP contribution >= 0.6 is 23.4 Å². The standard InChI is InChI=1S/C14H15ClN2O3S/c15-10-3-1-2-4-12(10)20-9-5-6-17(7-9)13(18)11-8-21-14(19)16-11/h1-4,9,11H,5-8H2,(H,16,19)/t9-,11-/m0/s1. The molecule has 2 aliphatic heterocycles. The van der Waals surface area contributed by atoms with Crippen LogP contribution < -0.4 is 10.1 Å². The van der Waals surface area contributed by atoms with Gasteiger partial charge in [-0.1, -0.05) is 35.5 Å². The fourth-order valence-corrected chi connectivity index (χ4v) is 3.43. The third kappa shape index (κ3) is 3.27. The average molecular weight is 327 g/mol. The molecule has 21 heavy (non-hydrogen) atoms. The summed E-state index contributed by atoms with van der Waals surface area (Å²) in [4.78, 5) is 25.2. The molecule has 3 rings (SSSR count). The number of nitrogens with one attached hydrogen (secondary N) is 1. The fourth-order valence-electron chi connectivity index (χ4n) is 2.48. The van der Waals surface area contributed by atoms with E-state index in [2.05, 4.69) is 5.32 Å². The van der Waals surface area contributed by atoms with Crippen molar-refractivity contribution in [3.63, 3.8) is 0 Å². The minimum absolute atomic E-state index is 0.0291. The maximum Gasteiger partial charge on any atom is 0.279 e. The van der Waals surface area contributed by atoms with Crippen LogP contribution in [0.5, 0.6) is 5.75 Å². The summed E-state index contributed by atoms with van der Waals surface area (Å²) in [6, 6.07) is 6.91. The van der Waals surface area contributed by atoms with Gasteiger partial charge in [0.05, 0.1) is 11.6 Å². The van der Waals surface area contributed by atoms with Gasteiger partial charge in [0.15, 0.2) is 0 Å². The topological polar surface area (TPSA) is 58.6 Å². The molecule has 0 bridgehead atoms. The number of amides is 2. The van der Waals surface area contributed by atoms with Crippen molar-refractivity contribution in [2.24, 2.45) is 0 Å². The number of hydrogen-bond donors (Lipinski definition) is 1. The molecule has 0 saturated carbocycles. The largest absolute Gasteiger partial charge is 0.487 e. The summed E-state index contributed by atoms with van der Waals surface area (Å²) >= 11 is 7.22. The number of carbonyl (C=O) groups excluding carboxylic acids is 2. The number of ether oxygens (including phenoxy) is 1. The molecule has 1 N–H and O–H groups in total. The van der Waals surface area contributed by atoms with E-state index in [1.807, 2.05) is 18.2 Å². The highest BCUT2D eigenvalue weighted by Crippen LogP contribution is 2.27. The number of rotatable bonds is 3. The number of thioether (sulfide) groups is 1. The fraction of sp³-hybridized carbons (Fsp3) is 0.429. The predicted octanol–water partition coefficient (Wildman–Crippen LogP) is 2.14. The third-order valence-corrected chi connectivity index (χ3v) is 4.75. The Bertz CT molecular complexity index is 569. The molecule has 2 heterocycles. The Morgan fingerprint density at radius 3 is 2.95 bits per heavy atom. The van der Waals surface area contributed by atoms with Crippen molar-refractivity contribution >= 4 is 34.5 Å². The lowest BCUT2D eigenvalue weighted by Crippen LogP contribution is -2.45. The van der Waals surface area contributed by atoms with E-state index in [0.717, 1.165) is 18.2 Å². The van der Waals surface area contributed by atoms with Gasteiger partial charge in [0.1, 0.15) is 17.9 Å². The number of hydrogen-bond acceptors (Lipinski definition) is 4. The maximum absolute atomic E-state index is 12.3. The second kappa shape index (κ2) is 6.15. The molecule has 112 valence electrons. The Kier molecular flexibility index (Phi) is 4.26. The Balaban J connectivity index is 1.57. The van der Waals surface area contributed by atoms with E-state index >= 15 is 0 Å². The van der Waals surface area contributed by atoms with Crippen molar-refractivity contribution < 1.29 is 14.3 Å². The molecule has 1 aromatic carbocycles. The zero-order valence-corrected chi connectivity index (χ0v) is 12.8. The minimum Gasteiger partial charge on any atom is -0.487 e. The van der Waals surface area contributed by atoms with Gasteiger partial charge in [-0.2, -0.15) is 0 Å². The summed E-state index contributed by atoms with van der Waals surface area (Å²) in [5, 5.41) is 3.12. The van der Waals surface area contributed by atoms with Crippen LogP contribution in [0.1, 0.15) is 6.42 Å². The lowest BCUT2D eigenvalue weighted by Gasteiger charge is -2.20. The van der Waals surface area contributed by atoms with Crippen molar-refractivity contribution in [2.75, 3.05) is 18.8 Å². The Morgan fingerprint density at radius 1 is 1.43 bits per heavy atom. The van der Waals surface area contributed by atoms with Gasteiger partial charge >= 0.3 is 0 Å². The van der Waals surface area contributed by atoms with Gasteiger partial charge in [-0.15, -0.1) is 0 Å². The SMILES string of the molecule is O=C1N[C@H](C(=O)N2CC[C@H](Oc3ccccc3Cl)C2)CS1. The summed E-state index contributed by atoms with van der Waals surface area (Å²) < 4.78 is 5.85. The molecule has 1 aromatic rings. The smallest absolute Gasteiger partial charge is 0.279 e. The van der Waals surface area contributed by atoms with Crippen LogP contribution in [-0.2, 0) is 4.79 Å². The molecule has 2 aliphatic rings. The zero-order chi connectivity index (χ0) is 14.8. The van der Waals surface area contributed by atoms with E-state index in [4.69, 9.17) is 16.3 Å². The minimum atomic E-state index is -0.401. The molecule has 0 radical (unpaired) electrons. The van der Waals surface area contributed by atoms with Crippen LogP contribution in [0.2, 0.25) is 5.02 Å². The molecular formula is C14H15ClN2O3S. The quantitative estimate of drug-likeness (QED) is 0.924. The molecule has 2 fully saturated rings. The van der Waals surface area contributed by atoms with E-state index < -0.39 is 6.04 Å². The molecule has 2 saturated heterocycles. The van der Waals surface area contributed by atoms with Crippen LogP contribution in [0, 0.1) is 0 Å². The Hall–Kier alpha value is -1.40. The van der Waals surface area contributed by atoms with Crippen molar-refractivity contribution in [2.45, 2.75) is 18.6 Å². The number of benzene rings is 1. The van der Waals surface area contributed by atoms with E-state index in [9.17, 15) is 9.59 Å². The molecule has 0 unspecified atom stereocenters.